The molecule has 0 spiro atoms. The number of carbonyl (C=O) groups excluding carboxylic acids is 1. The van der Waals surface area contributed by atoms with Crippen LogP contribution in [0.1, 0.15) is 44.6 Å². The fourth-order valence-electron chi connectivity index (χ4n) is 2.77. The molecule has 0 aromatic carbocycles. The first-order valence-corrected chi connectivity index (χ1v) is 7.19. The molecule has 19 heavy (non-hydrogen) atoms. The Morgan fingerprint density at radius 3 is 2.84 bits per heavy atom. The van der Waals surface area contributed by atoms with Crippen LogP contribution in [-0.2, 0) is 11.3 Å². The molecule has 0 saturated carbocycles. The molecule has 1 aliphatic heterocycles. The standard InChI is InChI=1S/C15H25N3O/c1-11(2)16-8-7-15(19)18-10-9-17-12(3)5-6-14(17)13(18)4/h5-6,11,13,16H,7-10H2,1-4H3. The predicted octanol–water partition coefficient (Wildman–Crippen LogP) is 2.09. The van der Waals surface area contributed by atoms with E-state index in [-0.39, 0.29) is 11.9 Å². The Kier molecular flexibility index (Phi) is 4.30. The van der Waals surface area contributed by atoms with Crippen molar-refractivity contribution in [2.24, 2.45) is 0 Å². The Morgan fingerprint density at radius 1 is 1.42 bits per heavy atom. The van der Waals surface area contributed by atoms with Crippen LogP contribution in [0.15, 0.2) is 12.1 Å². The predicted molar refractivity (Wildman–Crippen MR) is 77.1 cm³/mol. The molecule has 0 aliphatic carbocycles. The molecule has 1 N–H and O–H groups in total. The Hall–Kier alpha value is -1.29. The van der Waals surface area contributed by atoms with E-state index in [1.54, 1.807) is 0 Å². The highest BCUT2D eigenvalue weighted by Gasteiger charge is 2.27. The van der Waals surface area contributed by atoms with E-state index in [0.717, 1.165) is 19.6 Å². The van der Waals surface area contributed by atoms with Crippen molar-refractivity contribution in [1.29, 1.82) is 0 Å². The summed E-state index contributed by atoms with van der Waals surface area (Å²) in [6.07, 6.45) is 0.586. The van der Waals surface area contributed by atoms with Gasteiger partial charge >= 0.3 is 0 Å². The third-order valence-electron chi connectivity index (χ3n) is 3.90. The average Bonchev–Trinajstić information content (AvgIpc) is 2.72. The van der Waals surface area contributed by atoms with Crippen LogP contribution in [0.4, 0.5) is 0 Å². The van der Waals surface area contributed by atoms with E-state index < -0.39 is 0 Å². The van der Waals surface area contributed by atoms with Gasteiger partial charge in [0.25, 0.3) is 0 Å². The van der Waals surface area contributed by atoms with Crippen LogP contribution < -0.4 is 5.32 Å². The summed E-state index contributed by atoms with van der Waals surface area (Å²) in [6.45, 7) is 11.0. The van der Waals surface area contributed by atoms with Gasteiger partial charge in [-0.2, -0.15) is 0 Å². The van der Waals surface area contributed by atoms with E-state index in [1.807, 2.05) is 4.90 Å². The minimum absolute atomic E-state index is 0.189. The van der Waals surface area contributed by atoms with Crippen LogP contribution in [0.25, 0.3) is 0 Å². The number of aryl methyl sites for hydroxylation is 1. The second kappa shape index (κ2) is 5.78. The van der Waals surface area contributed by atoms with Crippen LogP contribution in [-0.4, -0.2) is 34.5 Å². The van der Waals surface area contributed by atoms with E-state index >= 15 is 0 Å². The molecule has 106 valence electrons. The van der Waals surface area contributed by atoms with E-state index in [1.165, 1.54) is 11.4 Å². The first kappa shape index (κ1) is 14.1. The van der Waals surface area contributed by atoms with Crippen LogP contribution in [0.5, 0.6) is 0 Å². The van der Waals surface area contributed by atoms with Gasteiger partial charge < -0.3 is 14.8 Å². The van der Waals surface area contributed by atoms with Gasteiger partial charge in [0.2, 0.25) is 5.91 Å². The van der Waals surface area contributed by atoms with E-state index in [9.17, 15) is 4.79 Å². The zero-order valence-electron chi connectivity index (χ0n) is 12.4. The molecule has 2 rings (SSSR count). The molecule has 1 aliphatic rings. The Bertz CT molecular complexity index is 450. The Labute approximate surface area is 115 Å². The summed E-state index contributed by atoms with van der Waals surface area (Å²) in [5.41, 5.74) is 2.55. The lowest BCUT2D eigenvalue weighted by molar-refractivity contribution is -0.134. The maximum absolute atomic E-state index is 12.3. The summed E-state index contributed by atoms with van der Waals surface area (Å²) in [5, 5.41) is 3.30. The van der Waals surface area contributed by atoms with Crippen molar-refractivity contribution < 1.29 is 4.79 Å². The highest BCUT2D eigenvalue weighted by Crippen LogP contribution is 2.27. The van der Waals surface area contributed by atoms with Crippen molar-refractivity contribution in [3.8, 4) is 0 Å². The molecule has 2 heterocycles. The summed E-state index contributed by atoms with van der Waals surface area (Å²) >= 11 is 0. The average molecular weight is 263 g/mol. The molecular weight excluding hydrogens is 238 g/mol. The van der Waals surface area contributed by atoms with Gasteiger partial charge in [-0.3, -0.25) is 4.79 Å². The van der Waals surface area contributed by atoms with Gasteiger partial charge in [-0.05, 0) is 26.0 Å². The quantitative estimate of drug-likeness (QED) is 0.903. The highest BCUT2D eigenvalue weighted by molar-refractivity contribution is 5.77. The van der Waals surface area contributed by atoms with Gasteiger partial charge in [0.05, 0.1) is 6.04 Å². The molecule has 1 unspecified atom stereocenters. The van der Waals surface area contributed by atoms with Gasteiger partial charge in [-0.25, -0.2) is 0 Å². The summed E-state index contributed by atoms with van der Waals surface area (Å²) in [4.78, 5) is 14.3. The van der Waals surface area contributed by atoms with Crippen LogP contribution in [0.3, 0.4) is 0 Å². The van der Waals surface area contributed by atoms with E-state index in [0.29, 0.717) is 12.5 Å². The molecule has 0 radical (unpaired) electrons. The number of fused-ring (bicyclic) bond motifs is 1. The highest BCUT2D eigenvalue weighted by atomic mass is 16.2. The van der Waals surface area contributed by atoms with Crippen molar-refractivity contribution >= 4 is 5.91 Å². The molecule has 0 fully saturated rings. The number of amides is 1. The van der Waals surface area contributed by atoms with Crippen molar-refractivity contribution in [2.45, 2.75) is 52.7 Å². The summed E-state index contributed by atoms with van der Waals surface area (Å²) in [6, 6.07) is 4.91. The number of hydrogen-bond donors (Lipinski definition) is 1. The van der Waals surface area contributed by atoms with Gasteiger partial charge in [0.1, 0.15) is 0 Å². The van der Waals surface area contributed by atoms with Crippen molar-refractivity contribution in [1.82, 2.24) is 14.8 Å². The van der Waals surface area contributed by atoms with Crippen molar-refractivity contribution in [2.75, 3.05) is 13.1 Å². The maximum atomic E-state index is 12.3. The Morgan fingerprint density at radius 2 is 2.16 bits per heavy atom. The van der Waals surface area contributed by atoms with Crippen LogP contribution in [0, 0.1) is 6.92 Å². The minimum atomic E-state index is 0.189. The molecular formula is C15H25N3O. The first-order chi connectivity index (χ1) is 9.00. The lowest BCUT2D eigenvalue weighted by Gasteiger charge is -2.35. The lowest BCUT2D eigenvalue weighted by atomic mass is 10.1. The number of rotatable bonds is 4. The number of carbonyl (C=O) groups is 1. The third kappa shape index (κ3) is 3.00. The number of aromatic nitrogens is 1. The monoisotopic (exact) mass is 263 g/mol. The van der Waals surface area contributed by atoms with E-state index in [2.05, 4.69) is 49.7 Å². The van der Waals surface area contributed by atoms with Gasteiger partial charge in [-0.1, -0.05) is 13.8 Å². The molecule has 4 heteroatoms. The second-order valence-electron chi connectivity index (χ2n) is 5.67. The molecule has 1 atom stereocenters. The topological polar surface area (TPSA) is 37.3 Å². The smallest absolute Gasteiger partial charge is 0.224 e. The molecule has 0 saturated heterocycles. The molecule has 1 amide bonds. The summed E-state index contributed by atoms with van der Waals surface area (Å²) in [7, 11) is 0. The summed E-state index contributed by atoms with van der Waals surface area (Å²) < 4.78 is 2.32. The fourth-order valence-corrected chi connectivity index (χ4v) is 2.77. The SMILES string of the molecule is Cc1ccc2n1CCN(C(=O)CCNC(C)C)C2C. The number of hydrogen-bond acceptors (Lipinski definition) is 2. The number of nitrogens with zero attached hydrogens (tertiary/aromatic N) is 2. The maximum Gasteiger partial charge on any atom is 0.224 e. The lowest BCUT2D eigenvalue weighted by Crippen LogP contribution is -2.42. The van der Waals surface area contributed by atoms with Gasteiger partial charge in [0.15, 0.2) is 0 Å². The molecule has 1 aromatic heterocycles. The third-order valence-corrected chi connectivity index (χ3v) is 3.90. The van der Waals surface area contributed by atoms with Gasteiger partial charge in [-0.15, -0.1) is 0 Å². The fraction of sp³-hybridized carbons (Fsp3) is 0.667. The zero-order chi connectivity index (χ0) is 14.0. The first-order valence-electron chi connectivity index (χ1n) is 7.19. The summed E-state index contributed by atoms with van der Waals surface area (Å²) in [5.74, 6) is 0.255. The largest absolute Gasteiger partial charge is 0.345 e. The molecule has 0 bridgehead atoms. The molecule has 1 aromatic rings. The van der Waals surface area contributed by atoms with E-state index in [4.69, 9.17) is 0 Å². The normalized spacial score (nSPS) is 18.8. The second-order valence-corrected chi connectivity index (χ2v) is 5.67. The Balaban J connectivity index is 1.97. The minimum Gasteiger partial charge on any atom is -0.345 e. The number of nitrogens with one attached hydrogen (secondary N) is 1. The van der Waals surface area contributed by atoms with Crippen molar-refractivity contribution in [3.05, 3.63) is 23.5 Å². The van der Waals surface area contributed by atoms with Crippen LogP contribution in [0.2, 0.25) is 0 Å². The zero-order valence-corrected chi connectivity index (χ0v) is 12.4. The molecule has 4 nitrogen and oxygen atoms in total. The van der Waals surface area contributed by atoms with Crippen molar-refractivity contribution in [3.63, 3.8) is 0 Å². The van der Waals surface area contributed by atoms with Gasteiger partial charge in [0, 0.05) is 43.5 Å². The van der Waals surface area contributed by atoms with Crippen LogP contribution >= 0.6 is 0 Å².